The number of hydrogen-bond donors (Lipinski definition) is 2. The van der Waals surface area contributed by atoms with Crippen LogP contribution in [0.15, 0.2) is 54.9 Å². The van der Waals surface area contributed by atoms with Crippen molar-refractivity contribution in [2.45, 2.75) is 6.92 Å². The quantitative estimate of drug-likeness (QED) is 0.658. The molecule has 0 saturated carbocycles. The van der Waals surface area contributed by atoms with Gasteiger partial charge in [0.25, 0.3) is 11.8 Å². The van der Waals surface area contributed by atoms with E-state index in [0.717, 1.165) is 5.56 Å². The molecular weight excluding hydrogens is 336 g/mol. The largest absolute Gasteiger partial charge is 0.484 e. The first-order valence-corrected chi connectivity index (χ1v) is 7.74. The Morgan fingerprint density at radius 1 is 1.12 bits per heavy atom. The van der Waals surface area contributed by atoms with E-state index in [4.69, 9.17) is 4.74 Å². The van der Waals surface area contributed by atoms with Gasteiger partial charge in [0.05, 0.1) is 5.69 Å². The summed E-state index contributed by atoms with van der Waals surface area (Å²) < 4.78 is 6.82. The molecular formula is C17H16N6O3. The van der Waals surface area contributed by atoms with Gasteiger partial charge >= 0.3 is 0 Å². The molecule has 0 unspecified atom stereocenters. The fourth-order valence-corrected chi connectivity index (χ4v) is 2.13. The topological polar surface area (TPSA) is 111 Å². The van der Waals surface area contributed by atoms with E-state index >= 15 is 0 Å². The van der Waals surface area contributed by atoms with Crippen LogP contribution in [0.4, 0.5) is 0 Å². The monoisotopic (exact) mass is 352 g/mol. The molecule has 132 valence electrons. The average molecular weight is 352 g/mol. The van der Waals surface area contributed by atoms with E-state index in [1.807, 2.05) is 25.1 Å². The van der Waals surface area contributed by atoms with E-state index in [-0.39, 0.29) is 6.61 Å². The molecule has 0 radical (unpaired) electrons. The minimum absolute atomic E-state index is 0.206. The van der Waals surface area contributed by atoms with Crippen molar-refractivity contribution in [3.05, 3.63) is 66.0 Å². The highest BCUT2D eigenvalue weighted by atomic mass is 16.5. The van der Waals surface area contributed by atoms with E-state index in [2.05, 4.69) is 26.4 Å². The maximum Gasteiger partial charge on any atom is 0.276 e. The molecule has 9 nitrogen and oxygen atoms in total. The molecule has 0 aliphatic heterocycles. The van der Waals surface area contributed by atoms with E-state index in [1.54, 1.807) is 30.3 Å². The zero-order valence-corrected chi connectivity index (χ0v) is 13.9. The van der Waals surface area contributed by atoms with Crippen LogP contribution in [0.1, 0.15) is 15.9 Å². The van der Waals surface area contributed by atoms with E-state index < -0.39 is 11.8 Å². The average Bonchev–Trinajstić information content (AvgIpc) is 3.19. The molecule has 3 aromatic rings. The van der Waals surface area contributed by atoms with Crippen molar-refractivity contribution in [3.63, 3.8) is 0 Å². The van der Waals surface area contributed by atoms with Crippen molar-refractivity contribution < 1.29 is 14.3 Å². The number of nitrogens with zero attached hydrogens (tertiary/aromatic N) is 4. The maximum atomic E-state index is 12.1. The van der Waals surface area contributed by atoms with Gasteiger partial charge in [-0.15, -0.1) is 5.10 Å². The molecule has 0 atom stereocenters. The van der Waals surface area contributed by atoms with Crippen LogP contribution in [0.3, 0.4) is 0 Å². The van der Waals surface area contributed by atoms with E-state index in [0.29, 0.717) is 17.0 Å². The highest BCUT2D eigenvalue weighted by Gasteiger charge is 2.08. The van der Waals surface area contributed by atoms with Gasteiger partial charge in [-0.2, -0.15) is 0 Å². The summed E-state index contributed by atoms with van der Waals surface area (Å²) in [5.74, 6) is -0.327. The zero-order valence-electron chi connectivity index (χ0n) is 13.9. The highest BCUT2D eigenvalue weighted by Crippen LogP contribution is 2.12. The SMILES string of the molecule is Cc1cccc(OCC(=O)NNC(=O)c2ccc(-n3cnnn3)cc2)c1. The molecule has 1 aromatic heterocycles. The summed E-state index contributed by atoms with van der Waals surface area (Å²) in [6.07, 6.45) is 1.45. The Bertz CT molecular complexity index is 893. The molecule has 1 heterocycles. The fourth-order valence-electron chi connectivity index (χ4n) is 2.13. The number of rotatable bonds is 5. The fraction of sp³-hybridized carbons (Fsp3) is 0.118. The van der Waals surface area contributed by atoms with Gasteiger partial charge in [0.15, 0.2) is 6.61 Å². The Morgan fingerprint density at radius 2 is 1.92 bits per heavy atom. The van der Waals surface area contributed by atoms with Crippen LogP contribution in [-0.4, -0.2) is 38.6 Å². The van der Waals surface area contributed by atoms with Gasteiger partial charge in [0, 0.05) is 5.56 Å². The predicted octanol–water partition coefficient (Wildman–Crippen LogP) is 0.811. The molecule has 0 fully saturated rings. The summed E-state index contributed by atoms with van der Waals surface area (Å²) in [5, 5.41) is 10.8. The number of hydrogen-bond acceptors (Lipinski definition) is 6. The first kappa shape index (κ1) is 17.1. The van der Waals surface area contributed by atoms with Crippen molar-refractivity contribution in [2.75, 3.05) is 6.61 Å². The molecule has 0 bridgehead atoms. The zero-order chi connectivity index (χ0) is 18.4. The molecule has 3 rings (SSSR count). The second-order valence-electron chi connectivity index (χ2n) is 5.41. The number of carbonyl (C=O) groups excluding carboxylic acids is 2. The number of tetrazole rings is 1. The number of amides is 2. The summed E-state index contributed by atoms with van der Waals surface area (Å²) in [5.41, 5.74) is 6.76. The summed E-state index contributed by atoms with van der Waals surface area (Å²) in [6, 6.07) is 13.9. The highest BCUT2D eigenvalue weighted by molar-refractivity contribution is 5.95. The van der Waals surface area contributed by atoms with Crippen molar-refractivity contribution >= 4 is 11.8 Å². The predicted molar refractivity (Wildman–Crippen MR) is 91.4 cm³/mol. The van der Waals surface area contributed by atoms with Crippen molar-refractivity contribution in [3.8, 4) is 11.4 Å². The van der Waals surface area contributed by atoms with E-state index in [9.17, 15) is 9.59 Å². The lowest BCUT2D eigenvalue weighted by Crippen LogP contribution is -2.43. The lowest BCUT2D eigenvalue weighted by atomic mass is 10.2. The first-order valence-electron chi connectivity index (χ1n) is 7.74. The van der Waals surface area contributed by atoms with Crippen molar-refractivity contribution in [1.29, 1.82) is 0 Å². The lowest BCUT2D eigenvalue weighted by molar-refractivity contribution is -0.123. The van der Waals surface area contributed by atoms with Crippen LogP contribution in [-0.2, 0) is 4.79 Å². The number of aromatic nitrogens is 4. The molecule has 9 heteroatoms. The lowest BCUT2D eigenvalue weighted by Gasteiger charge is -2.09. The minimum Gasteiger partial charge on any atom is -0.484 e. The van der Waals surface area contributed by atoms with Crippen LogP contribution in [0.25, 0.3) is 5.69 Å². The molecule has 2 aromatic carbocycles. The Morgan fingerprint density at radius 3 is 2.62 bits per heavy atom. The standard InChI is InChI=1S/C17H16N6O3/c1-12-3-2-4-15(9-12)26-10-16(24)19-20-17(25)13-5-7-14(8-6-13)23-11-18-21-22-23/h2-9,11H,10H2,1H3,(H,19,24)(H,20,25). The van der Waals surface area contributed by atoms with E-state index in [1.165, 1.54) is 11.0 Å². The molecule has 2 amide bonds. The number of ether oxygens (including phenoxy) is 1. The number of aryl methyl sites for hydroxylation is 1. The first-order chi connectivity index (χ1) is 12.6. The summed E-state index contributed by atoms with van der Waals surface area (Å²) >= 11 is 0. The van der Waals surface area contributed by atoms with Gasteiger partial charge in [-0.3, -0.25) is 20.4 Å². The van der Waals surface area contributed by atoms with Crippen molar-refractivity contribution in [2.24, 2.45) is 0 Å². The summed E-state index contributed by atoms with van der Waals surface area (Å²) in [4.78, 5) is 23.8. The Labute approximate surface area is 148 Å². The summed E-state index contributed by atoms with van der Waals surface area (Å²) in [6.45, 7) is 1.72. The number of carbonyl (C=O) groups is 2. The van der Waals surface area contributed by atoms with Gasteiger partial charge in [0.2, 0.25) is 0 Å². The minimum atomic E-state index is -0.467. The second kappa shape index (κ2) is 7.88. The third-order valence-corrected chi connectivity index (χ3v) is 3.42. The third kappa shape index (κ3) is 4.41. The van der Waals surface area contributed by atoms with Crippen LogP contribution in [0, 0.1) is 6.92 Å². The number of benzene rings is 2. The molecule has 0 spiro atoms. The van der Waals surface area contributed by atoms with Crippen molar-refractivity contribution in [1.82, 2.24) is 31.1 Å². The molecule has 0 aliphatic carbocycles. The molecule has 26 heavy (non-hydrogen) atoms. The van der Waals surface area contributed by atoms with Gasteiger partial charge in [-0.1, -0.05) is 12.1 Å². The smallest absolute Gasteiger partial charge is 0.276 e. The van der Waals surface area contributed by atoms with Gasteiger partial charge < -0.3 is 4.74 Å². The van der Waals surface area contributed by atoms with Gasteiger partial charge in [0.1, 0.15) is 12.1 Å². The van der Waals surface area contributed by atoms with Gasteiger partial charge in [-0.05, 0) is 59.3 Å². The Kier molecular flexibility index (Phi) is 5.18. The third-order valence-electron chi connectivity index (χ3n) is 3.42. The maximum absolute atomic E-state index is 12.1. The van der Waals surface area contributed by atoms with Crippen LogP contribution < -0.4 is 15.6 Å². The number of hydrazine groups is 1. The van der Waals surface area contributed by atoms with Crippen LogP contribution in [0.5, 0.6) is 5.75 Å². The van der Waals surface area contributed by atoms with Crippen LogP contribution in [0.2, 0.25) is 0 Å². The second-order valence-corrected chi connectivity index (χ2v) is 5.41. The molecule has 0 saturated heterocycles. The Balaban J connectivity index is 1.48. The Hall–Kier alpha value is -3.75. The van der Waals surface area contributed by atoms with Crippen LogP contribution >= 0.6 is 0 Å². The normalized spacial score (nSPS) is 10.2. The molecule has 0 aliphatic rings. The number of nitrogens with one attached hydrogen (secondary N) is 2. The van der Waals surface area contributed by atoms with Gasteiger partial charge in [-0.25, -0.2) is 4.68 Å². The summed E-state index contributed by atoms with van der Waals surface area (Å²) in [7, 11) is 0. The molecule has 2 N–H and O–H groups in total.